The highest BCUT2D eigenvalue weighted by Gasteiger charge is 2.20. The molecule has 0 N–H and O–H groups in total. The molecule has 1 aromatic heterocycles. The number of hydrogen-bond donors (Lipinski definition) is 0. The standard InChI is InChI=1S/C19H16NO3/c1-13-12-17(16-10-6-7-11-18(16)23-14(2)21)20-19(22-13)15-8-4-3-5-9-15/h3-12H,1-2H3/q+1. The Morgan fingerprint density at radius 2 is 1.74 bits per heavy atom. The summed E-state index contributed by atoms with van der Waals surface area (Å²) in [7, 11) is 0. The van der Waals surface area contributed by atoms with Crippen LogP contribution < -0.4 is 4.74 Å². The topological polar surface area (TPSA) is 50.5 Å². The van der Waals surface area contributed by atoms with E-state index in [2.05, 4.69) is 4.98 Å². The number of esters is 1. The van der Waals surface area contributed by atoms with E-state index in [4.69, 9.17) is 9.15 Å². The molecule has 114 valence electrons. The Morgan fingerprint density at radius 1 is 1.04 bits per heavy atom. The van der Waals surface area contributed by atoms with Gasteiger partial charge >= 0.3 is 17.6 Å². The maximum Gasteiger partial charge on any atom is 0.460 e. The van der Waals surface area contributed by atoms with Gasteiger partial charge < -0.3 is 4.74 Å². The summed E-state index contributed by atoms with van der Waals surface area (Å²) in [6.07, 6.45) is 0. The predicted molar refractivity (Wildman–Crippen MR) is 87.8 cm³/mol. The molecule has 23 heavy (non-hydrogen) atoms. The van der Waals surface area contributed by atoms with Crippen LogP contribution in [-0.4, -0.2) is 11.0 Å². The van der Waals surface area contributed by atoms with Crippen molar-refractivity contribution in [2.75, 3.05) is 0 Å². The van der Waals surface area contributed by atoms with Gasteiger partial charge in [-0.25, -0.2) is 0 Å². The van der Waals surface area contributed by atoms with Crippen molar-refractivity contribution in [1.29, 1.82) is 0 Å². The fourth-order valence-electron chi connectivity index (χ4n) is 2.30. The quantitative estimate of drug-likeness (QED) is 0.405. The lowest BCUT2D eigenvalue weighted by molar-refractivity contribution is -0.131. The van der Waals surface area contributed by atoms with Crippen molar-refractivity contribution in [3.63, 3.8) is 0 Å². The number of benzene rings is 2. The highest BCUT2D eigenvalue weighted by atomic mass is 16.5. The Balaban J connectivity index is 2.11. The second kappa shape index (κ2) is 6.40. The third kappa shape index (κ3) is 3.43. The number of ether oxygens (including phenoxy) is 1. The van der Waals surface area contributed by atoms with Gasteiger partial charge in [0, 0.05) is 12.5 Å². The van der Waals surface area contributed by atoms with Gasteiger partial charge in [0.2, 0.25) is 0 Å². The first-order valence-corrected chi connectivity index (χ1v) is 7.28. The minimum absolute atomic E-state index is 0.363. The van der Waals surface area contributed by atoms with E-state index in [1.807, 2.05) is 61.5 Å². The van der Waals surface area contributed by atoms with Crippen LogP contribution in [0.2, 0.25) is 0 Å². The zero-order chi connectivity index (χ0) is 16.2. The highest BCUT2D eigenvalue weighted by Crippen LogP contribution is 2.31. The third-order valence-corrected chi connectivity index (χ3v) is 3.26. The smallest absolute Gasteiger partial charge is 0.426 e. The van der Waals surface area contributed by atoms with E-state index >= 15 is 0 Å². The minimum atomic E-state index is -0.363. The SMILES string of the molecule is CC(=O)Oc1ccccc1-c1cc(C)[o+]c(-c2ccccc2)n1. The molecular weight excluding hydrogens is 290 g/mol. The predicted octanol–water partition coefficient (Wildman–Crippen LogP) is 4.52. The lowest BCUT2D eigenvalue weighted by Gasteiger charge is -2.07. The number of hydrogen-bond acceptors (Lipinski definition) is 3. The fraction of sp³-hybridized carbons (Fsp3) is 0.105. The molecule has 0 amide bonds. The van der Waals surface area contributed by atoms with Crippen LogP contribution in [0.3, 0.4) is 0 Å². The first-order valence-electron chi connectivity index (χ1n) is 7.28. The molecule has 0 unspecified atom stereocenters. The Kier molecular flexibility index (Phi) is 4.15. The van der Waals surface area contributed by atoms with Crippen molar-refractivity contribution in [3.05, 3.63) is 66.4 Å². The highest BCUT2D eigenvalue weighted by molar-refractivity contribution is 5.75. The molecule has 0 fully saturated rings. The summed E-state index contributed by atoms with van der Waals surface area (Å²) in [6, 6.07) is 18.8. The molecule has 0 radical (unpaired) electrons. The number of carbonyl (C=O) groups is 1. The van der Waals surface area contributed by atoms with Gasteiger partial charge in [-0.05, 0) is 24.3 Å². The molecule has 0 aliphatic heterocycles. The first-order chi connectivity index (χ1) is 11.1. The van der Waals surface area contributed by atoms with Crippen LogP contribution in [0.15, 0.2) is 65.1 Å². The molecule has 0 atom stereocenters. The molecule has 3 rings (SSSR count). The first kappa shape index (κ1) is 14.9. The molecule has 3 aromatic rings. The summed E-state index contributed by atoms with van der Waals surface area (Å²) in [5.74, 6) is 1.37. The molecule has 0 saturated carbocycles. The average Bonchev–Trinajstić information content (AvgIpc) is 2.55. The van der Waals surface area contributed by atoms with Crippen LogP contribution in [0.4, 0.5) is 0 Å². The van der Waals surface area contributed by atoms with Crippen molar-refractivity contribution in [2.45, 2.75) is 13.8 Å². The molecule has 4 heteroatoms. The number of nitrogens with zero attached hydrogens (tertiary/aromatic N) is 1. The van der Waals surface area contributed by atoms with E-state index in [1.54, 1.807) is 6.07 Å². The molecule has 0 spiro atoms. The van der Waals surface area contributed by atoms with Gasteiger partial charge in [0.1, 0.15) is 11.3 Å². The molecule has 0 aliphatic rings. The van der Waals surface area contributed by atoms with E-state index in [9.17, 15) is 4.79 Å². The van der Waals surface area contributed by atoms with Crippen LogP contribution >= 0.6 is 0 Å². The average molecular weight is 306 g/mol. The summed E-state index contributed by atoms with van der Waals surface area (Å²) in [6.45, 7) is 3.25. The van der Waals surface area contributed by atoms with E-state index in [0.717, 1.165) is 16.9 Å². The number of aromatic nitrogens is 1. The van der Waals surface area contributed by atoms with Crippen LogP contribution in [0.25, 0.3) is 22.7 Å². The molecule has 4 nitrogen and oxygen atoms in total. The summed E-state index contributed by atoms with van der Waals surface area (Å²) in [5, 5.41) is 0. The normalized spacial score (nSPS) is 10.3. The monoisotopic (exact) mass is 306 g/mol. The van der Waals surface area contributed by atoms with Gasteiger partial charge in [-0.3, -0.25) is 4.79 Å². The minimum Gasteiger partial charge on any atom is -0.426 e. The fourth-order valence-corrected chi connectivity index (χ4v) is 2.30. The van der Waals surface area contributed by atoms with E-state index in [0.29, 0.717) is 17.3 Å². The van der Waals surface area contributed by atoms with Crippen molar-refractivity contribution < 1.29 is 13.9 Å². The van der Waals surface area contributed by atoms with E-state index < -0.39 is 0 Å². The number of aryl methyl sites for hydroxylation is 1. The number of para-hydroxylation sites is 1. The number of carbonyl (C=O) groups excluding carboxylic acids is 1. The third-order valence-electron chi connectivity index (χ3n) is 3.26. The van der Waals surface area contributed by atoms with Gasteiger partial charge in [-0.15, -0.1) is 0 Å². The lowest BCUT2D eigenvalue weighted by atomic mass is 10.1. The van der Waals surface area contributed by atoms with Crippen molar-refractivity contribution in [1.82, 2.24) is 4.98 Å². The van der Waals surface area contributed by atoms with Gasteiger partial charge in [-0.2, -0.15) is 9.40 Å². The Hall–Kier alpha value is -3.01. The summed E-state index contributed by atoms with van der Waals surface area (Å²) >= 11 is 0. The maximum atomic E-state index is 11.3. The molecule has 0 bridgehead atoms. The van der Waals surface area contributed by atoms with Gasteiger partial charge in [0.05, 0.1) is 18.7 Å². The van der Waals surface area contributed by atoms with Gasteiger partial charge in [0.15, 0.2) is 0 Å². The van der Waals surface area contributed by atoms with Crippen LogP contribution in [0, 0.1) is 6.92 Å². The zero-order valence-corrected chi connectivity index (χ0v) is 12.9. The van der Waals surface area contributed by atoms with Gasteiger partial charge in [0.25, 0.3) is 0 Å². The second-order valence-electron chi connectivity index (χ2n) is 5.12. The van der Waals surface area contributed by atoms with Crippen LogP contribution in [-0.2, 0) is 4.79 Å². The molecule has 2 aromatic carbocycles. The summed E-state index contributed by atoms with van der Waals surface area (Å²) < 4.78 is 11.0. The number of rotatable bonds is 3. The summed E-state index contributed by atoms with van der Waals surface area (Å²) in [4.78, 5) is 15.9. The van der Waals surface area contributed by atoms with E-state index in [-0.39, 0.29) is 5.97 Å². The molecule has 1 heterocycles. The van der Waals surface area contributed by atoms with Crippen LogP contribution in [0.1, 0.15) is 12.7 Å². The summed E-state index contributed by atoms with van der Waals surface area (Å²) in [5.41, 5.74) is 2.34. The molecule has 0 saturated heterocycles. The molecule has 0 aliphatic carbocycles. The Bertz CT molecular complexity index is 844. The Morgan fingerprint density at radius 3 is 2.48 bits per heavy atom. The van der Waals surface area contributed by atoms with Crippen molar-refractivity contribution in [2.24, 2.45) is 0 Å². The molecular formula is C19H16NO3+. The van der Waals surface area contributed by atoms with E-state index in [1.165, 1.54) is 6.92 Å². The Labute approximate surface area is 134 Å². The maximum absolute atomic E-state index is 11.3. The van der Waals surface area contributed by atoms with Gasteiger partial charge in [-0.1, -0.05) is 30.3 Å². The zero-order valence-electron chi connectivity index (χ0n) is 12.9. The van der Waals surface area contributed by atoms with Crippen LogP contribution in [0.5, 0.6) is 5.75 Å². The lowest BCUT2D eigenvalue weighted by Crippen LogP contribution is -2.03. The van der Waals surface area contributed by atoms with Crippen molar-refractivity contribution >= 4 is 5.97 Å². The largest absolute Gasteiger partial charge is 0.460 e. The van der Waals surface area contributed by atoms with Crippen molar-refractivity contribution in [3.8, 4) is 28.5 Å². The second-order valence-corrected chi connectivity index (χ2v) is 5.12.